The van der Waals surface area contributed by atoms with Gasteiger partial charge in [-0.05, 0) is 40.5 Å². The van der Waals surface area contributed by atoms with Gasteiger partial charge in [-0.15, -0.1) is 5.10 Å². The van der Waals surface area contributed by atoms with E-state index in [1.165, 1.54) is 13.1 Å². The number of aromatic nitrogens is 5. The van der Waals surface area contributed by atoms with Gasteiger partial charge in [-0.2, -0.15) is 4.98 Å². The second kappa shape index (κ2) is 10.5. The van der Waals surface area contributed by atoms with Crippen molar-refractivity contribution in [2.75, 3.05) is 5.73 Å². The van der Waals surface area contributed by atoms with Crippen LogP contribution in [-0.4, -0.2) is 74.0 Å². The number of aliphatic hydroxyl groups excluding tert-OH is 2. The third kappa shape index (κ3) is 5.80. The van der Waals surface area contributed by atoms with Crippen molar-refractivity contribution < 1.29 is 34.0 Å². The molecule has 3 rings (SSSR count). The maximum atomic E-state index is 12.8. The predicted molar refractivity (Wildman–Crippen MR) is 133 cm³/mol. The van der Waals surface area contributed by atoms with Crippen LogP contribution in [-0.2, 0) is 13.8 Å². The molecular formula is C22H37N6O8P. The fraction of sp³-hybridized carbons (Fsp3) is 0.727. The summed E-state index contributed by atoms with van der Waals surface area (Å²) in [6, 6.07) is 0.0302. The summed E-state index contributed by atoms with van der Waals surface area (Å²) < 4.78 is 26.8. The number of hydrogen-bond donors (Lipinski definition) is 5. The van der Waals surface area contributed by atoms with Crippen LogP contribution >= 0.6 is 7.60 Å². The summed E-state index contributed by atoms with van der Waals surface area (Å²) in [6.45, 7) is 9.85. The highest BCUT2D eigenvalue weighted by Crippen LogP contribution is 2.59. The van der Waals surface area contributed by atoms with Gasteiger partial charge in [0.1, 0.15) is 23.7 Å². The van der Waals surface area contributed by atoms with Gasteiger partial charge < -0.3 is 35.2 Å². The largest absolute Gasteiger partial charge is 0.388 e. The molecular weight excluding hydrogens is 507 g/mol. The van der Waals surface area contributed by atoms with E-state index in [0.29, 0.717) is 5.69 Å². The molecule has 1 saturated heterocycles. The quantitative estimate of drug-likeness (QED) is 0.267. The summed E-state index contributed by atoms with van der Waals surface area (Å²) in [6.07, 6.45) is -2.35. The van der Waals surface area contributed by atoms with Crippen LogP contribution in [0.1, 0.15) is 73.1 Å². The van der Waals surface area contributed by atoms with Gasteiger partial charge in [0.2, 0.25) is 0 Å². The summed E-state index contributed by atoms with van der Waals surface area (Å²) in [5.74, 6) is -0.0877. The van der Waals surface area contributed by atoms with E-state index in [1.807, 2.05) is 13.8 Å². The van der Waals surface area contributed by atoms with E-state index in [0.717, 1.165) is 4.57 Å². The molecule has 0 spiro atoms. The zero-order valence-corrected chi connectivity index (χ0v) is 22.7. The van der Waals surface area contributed by atoms with Crippen LogP contribution in [0.2, 0.25) is 0 Å². The highest BCUT2D eigenvalue weighted by Gasteiger charge is 2.50. The molecule has 1 fully saturated rings. The van der Waals surface area contributed by atoms with E-state index in [4.69, 9.17) is 15.0 Å². The number of hydrogen-bond acceptors (Lipinski definition) is 11. The normalized spacial score (nSPS) is 27.1. The minimum atomic E-state index is -4.50. The lowest BCUT2D eigenvalue weighted by Gasteiger charge is -2.37. The Kier molecular flexibility index (Phi) is 8.35. The van der Waals surface area contributed by atoms with Crippen molar-refractivity contribution in [2.24, 2.45) is 0 Å². The van der Waals surface area contributed by atoms with Gasteiger partial charge in [0.15, 0.2) is 11.6 Å². The molecule has 4 unspecified atom stereocenters. The molecule has 208 valence electrons. The second-order valence-electron chi connectivity index (χ2n) is 10.1. The molecule has 0 amide bonds. The Bertz CT molecular complexity index is 1220. The van der Waals surface area contributed by atoms with Gasteiger partial charge in [0.05, 0.1) is 23.5 Å². The Morgan fingerprint density at radius 2 is 1.86 bits per heavy atom. The molecule has 15 heteroatoms. The smallest absolute Gasteiger partial charge is 0.359 e. The maximum Gasteiger partial charge on any atom is 0.359 e. The van der Waals surface area contributed by atoms with Crippen molar-refractivity contribution in [2.45, 2.75) is 102 Å². The van der Waals surface area contributed by atoms with Crippen LogP contribution in [0.15, 0.2) is 17.2 Å². The molecule has 3 heterocycles. The second-order valence-corrected chi connectivity index (χ2v) is 12.3. The molecule has 2 aromatic rings. The number of rotatable bonds is 10. The molecule has 0 saturated carbocycles. The first-order valence-corrected chi connectivity index (χ1v) is 13.7. The first-order chi connectivity index (χ1) is 17.1. The highest BCUT2D eigenvalue weighted by molar-refractivity contribution is 7.54. The van der Waals surface area contributed by atoms with E-state index in [9.17, 15) is 29.6 Å². The van der Waals surface area contributed by atoms with Crippen molar-refractivity contribution >= 4 is 13.4 Å². The molecule has 0 aromatic carbocycles. The molecule has 0 aliphatic carbocycles. The Morgan fingerprint density at radius 1 is 1.22 bits per heavy atom. The monoisotopic (exact) mass is 544 g/mol. The molecule has 6 N–H and O–H groups in total. The summed E-state index contributed by atoms with van der Waals surface area (Å²) in [4.78, 5) is 26.9. The first-order valence-electron chi connectivity index (χ1n) is 12.1. The van der Waals surface area contributed by atoms with Gasteiger partial charge in [-0.1, -0.05) is 19.1 Å². The van der Waals surface area contributed by atoms with Crippen LogP contribution < -0.4 is 11.4 Å². The predicted octanol–water partition coefficient (Wildman–Crippen LogP) is 1.16. The number of nitrogens with zero attached hydrogens (tertiary/aromatic N) is 5. The lowest BCUT2D eigenvalue weighted by Crippen LogP contribution is -2.40. The molecule has 14 nitrogen and oxygen atoms in total. The molecule has 2 aromatic heterocycles. The minimum Gasteiger partial charge on any atom is -0.388 e. The average Bonchev–Trinajstić information content (AvgIpc) is 3.40. The van der Waals surface area contributed by atoms with Crippen LogP contribution in [0.5, 0.6) is 0 Å². The standard InChI is InChI=1S/C22H37N6O8P/c1-7-21(5,36-37(33,34)22(6,32)8-2)9-15-16(29)17(30)19(35-15)27-10-13(18(23)24-20(27)31)14-11-28(12(3)4)26-25-14/h10-12,15-17,19,29-30,32H,7-9H2,1-6H3,(H,33,34)(H2,23,24,31)/t15-,16?,17+,19-,21?,22?/m1/s1. The average molecular weight is 545 g/mol. The number of anilines is 1. The van der Waals surface area contributed by atoms with E-state index in [1.54, 1.807) is 31.6 Å². The van der Waals surface area contributed by atoms with Gasteiger partial charge >= 0.3 is 13.3 Å². The molecule has 1 aliphatic heterocycles. The number of ether oxygens (including phenoxy) is 1. The fourth-order valence-corrected chi connectivity index (χ4v) is 5.31. The fourth-order valence-electron chi connectivity index (χ4n) is 3.91. The first kappa shape index (κ1) is 29.4. The SMILES string of the molecule is CCC(C)(C[C@H]1O[C@@H](n2cc(-c3cn(C(C)C)nn3)c(N)nc2=O)[C@@H](O)C1O)OP(=O)(O)C(C)(O)CC. The lowest BCUT2D eigenvalue weighted by atomic mass is 9.93. The van der Waals surface area contributed by atoms with Gasteiger partial charge in [0, 0.05) is 18.7 Å². The molecule has 1 aliphatic rings. The van der Waals surface area contributed by atoms with Crippen molar-refractivity contribution in [3.63, 3.8) is 0 Å². The van der Waals surface area contributed by atoms with Crippen LogP contribution in [0.25, 0.3) is 11.3 Å². The summed E-state index contributed by atoms with van der Waals surface area (Å²) in [7, 11) is -4.50. The van der Waals surface area contributed by atoms with E-state index < -0.39 is 48.8 Å². The Balaban J connectivity index is 1.89. The van der Waals surface area contributed by atoms with Crippen molar-refractivity contribution in [3.05, 3.63) is 22.9 Å². The number of nitrogens with two attached hydrogens (primary N) is 1. The van der Waals surface area contributed by atoms with E-state index >= 15 is 0 Å². The summed E-state index contributed by atoms with van der Waals surface area (Å²) in [5, 5.41) is 38.0. The van der Waals surface area contributed by atoms with Gasteiger partial charge in [-0.25, -0.2) is 9.48 Å². The van der Waals surface area contributed by atoms with Crippen LogP contribution in [0.4, 0.5) is 5.82 Å². The van der Waals surface area contributed by atoms with Crippen molar-refractivity contribution in [1.29, 1.82) is 0 Å². The zero-order chi connectivity index (χ0) is 27.9. The summed E-state index contributed by atoms with van der Waals surface area (Å²) in [5.41, 5.74) is 4.47. The Hall–Kier alpha value is -2.19. The molecule has 37 heavy (non-hydrogen) atoms. The van der Waals surface area contributed by atoms with E-state index in [-0.39, 0.29) is 36.7 Å². The van der Waals surface area contributed by atoms with Crippen molar-refractivity contribution in [3.8, 4) is 11.3 Å². The molecule has 7 atom stereocenters. The maximum absolute atomic E-state index is 12.8. The molecule has 0 bridgehead atoms. The summed E-state index contributed by atoms with van der Waals surface area (Å²) >= 11 is 0. The van der Waals surface area contributed by atoms with Crippen LogP contribution in [0, 0.1) is 0 Å². The highest BCUT2D eigenvalue weighted by atomic mass is 31.2. The Labute approximate surface area is 214 Å². The van der Waals surface area contributed by atoms with Crippen LogP contribution in [0.3, 0.4) is 0 Å². The van der Waals surface area contributed by atoms with Gasteiger partial charge in [-0.3, -0.25) is 9.13 Å². The third-order valence-corrected chi connectivity index (χ3v) is 9.13. The third-order valence-electron chi connectivity index (χ3n) is 6.91. The lowest BCUT2D eigenvalue weighted by molar-refractivity contribution is -0.0713. The minimum absolute atomic E-state index is 0.0236. The Morgan fingerprint density at radius 3 is 2.41 bits per heavy atom. The van der Waals surface area contributed by atoms with Gasteiger partial charge in [0.25, 0.3) is 0 Å². The number of nitrogen functional groups attached to an aromatic ring is 1. The zero-order valence-electron chi connectivity index (χ0n) is 21.8. The van der Waals surface area contributed by atoms with Crippen molar-refractivity contribution in [1.82, 2.24) is 24.5 Å². The topological polar surface area (TPSA) is 208 Å². The molecule has 0 radical (unpaired) electrons. The van der Waals surface area contributed by atoms with E-state index in [2.05, 4.69) is 15.3 Å². The number of aliphatic hydroxyl groups is 3.